The number of fused-ring (bicyclic) bond motifs is 1. The SMILES string of the molecule is C[C@H](Sc1nnc(C(F)(F)F)n1C)/C(O)=C(\C#N)c1nc2ccccc2[nH]1. The summed E-state index contributed by atoms with van der Waals surface area (Å²) in [5, 5.41) is 25.8. The first-order valence-corrected chi connectivity index (χ1v) is 8.52. The molecule has 27 heavy (non-hydrogen) atoms. The third-order valence-electron chi connectivity index (χ3n) is 3.75. The number of thioether (sulfide) groups is 1. The second-order valence-corrected chi connectivity index (χ2v) is 6.91. The van der Waals surface area contributed by atoms with Gasteiger partial charge in [0.05, 0.1) is 16.3 Å². The molecule has 2 aromatic heterocycles. The number of hydrogen-bond acceptors (Lipinski definition) is 6. The van der Waals surface area contributed by atoms with Gasteiger partial charge in [-0.1, -0.05) is 23.9 Å². The molecule has 3 rings (SSSR count). The van der Waals surface area contributed by atoms with Crippen LogP contribution in [0.25, 0.3) is 16.6 Å². The van der Waals surface area contributed by atoms with Crippen LogP contribution in [-0.2, 0) is 13.2 Å². The van der Waals surface area contributed by atoms with Crippen LogP contribution >= 0.6 is 11.8 Å². The fourth-order valence-corrected chi connectivity index (χ4v) is 3.26. The van der Waals surface area contributed by atoms with E-state index in [0.717, 1.165) is 16.3 Å². The number of nitriles is 1. The van der Waals surface area contributed by atoms with Crippen molar-refractivity contribution in [3.05, 3.63) is 41.7 Å². The lowest BCUT2D eigenvalue weighted by Gasteiger charge is -2.12. The van der Waals surface area contributed by atoms with Gasteiger partial charge in [0, 0.05) is 7.05 Å². The monoisotopic (exact) mass is 394 g/mol. The van der Waals surface area contributed by atoms with Crippen LogP contribution in [0.5, 0.6) is 0 Å². The van der Waals surface area contributed by atoms with Gasteiger partial charge < -0.3 is 14.7 Å². The summed E-state index contributed by atoms with van der Waals surface area (Å²) in [5.41, 5.74) is 1.22. The highest BCUT2D eigenvalue weighted by Gasteiger charge is 2.37. The van der Waals surface area contributed by atoms with E-state index in [0.29, 0.717) is 11.0 Å². The summed E-state index contributed by atoms with van der Waals surface area (Å²) in [4.78, 5) is 7.20. The smallest absolute Gasteiger partial charge is 0.451 e. The van der Waals surface area contributed by atoms with Crippen LogP contribution < -0.4 is 0 Å². The number of nitrogens with one attached hydrogen (secondary N) is 1. The van der Waals surface area contributed by atoms with Gasteiger partial charge in [0.1, 0.15) is 17.4 Å². The number of alkyl halides is 3. The number of H-pyrrole nitrogens is 1. The Kier molecular flexibility index (Phi) is 4.84. The topological polar surface area (TPSA) is 103 Å². The van der Waals surface area contributed by atoms with Crippen molar-refractivity contribution in [2.45, 2.75) is 23.5 Å². The Bertz CT molecular complexity index is 1030. The van der Waals surface area contributed by atoms with Gasteiger partial charge in [0.25, 0.3) is 0 Å². The lowest BCUT2D eigenvalue weighted by molar-refractivity contribution is -0.147. The molecule has 1 atom stereocenters. The number of imidazole rings is 1. The highest BCUT2D eigenvalue weighted by atomic mass is 32.2. The Morgan fingerprint density at radius 1 is 1.33 bits per heavy atom. The summed E-state index contributed by atoms with van der Waals surface area (Å²) in [5.74, 6) is -1.28. The van der Waals surface area contributed by atoms with E-state index in [2.05, 4.69) is 20.2 Å². The maximum atomic E-state index is 12.8. The molecule has 11 heteroatoms. The van der Waals surface area contributed by atoms with Crippen molar-refractivity contribution >= 4 is 28.4 Å². The van der Waals surface area contributed by atoms with Crippen LogP contribution in [-0.4, -0.2) is 35.1 Å². The number of aromatic amines is 1. The predicted octanol–water partition coefficient (Wildman–Crippen LogP) is 3.68. The number of aliphatic hydroxyl groups excluding tert-OH is 1. The molecule has 0 aliphatic heterocycles. The van der Waals surface area contributed by atoms with Crippen LogP contribution in [0.3, 0.4) is 0 Å². The minimum atomic E-state index is -4.63. The number of benzene rings is 1. The minimum Gasteiger partial charge on any atom is -0.510 e. The van der Waals surface area contributed by atoms with Crippen molar-refractivity contribution in [2.75, 3.05) is 0 Å². The predicted molar refractivity (Wildman–Crippen MR) is 92.6 cm³/mol. The third-order valence-corrected chi connectivity index (χ3v) is 4.89. The van der Waals surface area contributed by atoms with E-state index in [4.69, 9.17) is 0 Å². The average molecular weight is 394 g/mol. The molecule has 2 heterocycles. The number of aromatic nitrogens is 5. The quantitative estimate of drug-likeness (QED) is 0.397. The maximum absolute atomic E-state index is 12.8. The van der Waals surface area contributed by atoms with E-state index in [1.807, 2.05) is 6.07 Å². The number of halogens is 3. The molecule has 140 valence electrons. The van der Waals surface area contributed by atoms with Crippen molar-refractivity contribution in [2.24, 2.45) is 7.05 Å². The van der Waals surface area contributed by atoms with Crippen molar-refractivity contribution in [3.8, 4) is 6.07 Å². The Morgan fingerprint density at radius 2 is 2.04 bits per heavy atom. The van der Waals surface area contributed by atoms with Crippen LogP contribution in [0, 0.1) is 11.3 Å². The molecule has 1 aromatic carbocycles. The zero-order valence-corrected chi connectivity index (χ0v) is 14.9. The standard InChI is InChI=1S/C16H13F3N6OS/c1-8(27-15-24-23-14(25(15)2)16(17,18)19)12(26)9(7-20)13-21-10-5-3-4-6-11(10)22-13/h3-6,8,26H,1-2H3,(H,21,22)/b12-9-/t8-/m0/s1. The Hall–Kier alpha value is -3.00. The van der Waals surface area contributed by atoms with Crippen molar-refractivity contribution < 1.29 is 18.3 Å². The minimum absolute atomic E-state index is 0.0386. The number of para-hydroxylation sites is 2. The lowest BCUT2D eigenvalue weighted by Crippen LogP contribution is -2.13. The average Bonchev–Trinajstić information content (AvgIpc) is 3.19. The summed E-state index contributed by atoms with van der Waals surface area (Å²) in [6, 6.07) is 8.99. The van der Waals surface area contributed by atoms with Gasteiger partial charge in [-0.05, 0) is 19.1 Å². The molecular formula is C16H13F3N6OS. The van der Waals surface area contributed by atoms with E-state index in [1.54, 1.807) is 31.2 Å². The Morgan fingerprint density at radius 3 is 2.63 bits per heavy atom. The second-order valence-electron chi connectivity index (χ2n) is 5.60. The molecule has 0 radical (unpaired) electrons. The molecule has 7 nitrogen and oxygen atoms in total. The van der Waals surface area contributed by atoms with Crippen molar-refractivity contribution in [3.63, 3.8) is 0 Å². The number of allylic oxidation sites excluding steroid dienone is 1. The largest absolute Gasteiger partial charge is 0.510 e. The second kappa shape index (κ2) is 6.96. The van der Waals surface area contributed by atoms with E-state index < -0.39 is 17.3 Å². The Labute approximate surface area is 155 Å². The number of hydrogen-bond donors (Lipinski definition) is 2. The van der Waals surface area contributed by atoms with Crippen LogP contribution in [0.4, 0.5) is 13.2 Å². The summed E-state index contributed by atoms with van der Waals surface area (Å²) >= 11 is 0.849. The van der Waals surface area contributed by atoms with Gasteiger partial charge in [-0.3, -0.25) is 0 Å². The van der Waals surface area contributed by atoms with Gasteiger partial charge >= 0.3 is 6.18 Å². The van der Waals surface area contributed by atoms with Crippen LogP contribution in [0.2, 0.25) is 0 Å². The number of aliphatic hydroxyl groups is 1. The number of rotatable bonds is 4. The summed E-state index contributed by atoms with van der Waals surface area (Å²) in [6.07, 6.45) is -4.63. The molecule has 0 aliphatic rings. The van der Waals surface area contributed by atoms with Gasteiger partial charge in [-0.15, -0.1) is 10.2 Å². The molecular weight excluding hydrogens is 381 g/mol. The maximum Gasteiger partial charge on any atom is 0.451 e. The van der Waals surface area contributed by atoms with Gasteiger partial charge in [-0.25, -0.2) is 4.98 Å². The van der Waals surface area contributed by atoms with Gasteiger partial charge in [-0.2, -0.15) is 18.4 Å². The first-order chi connectivity index (χ1) is 12.7. The highest BCUT2D eigenvalue weighted by molar-refractivity contribution is 7.99. The first-order valence-electron chi connectivity index (χ1n) is 7.64. The van der Waals surface area contributed by atoms with Crippen LogP contribution in [0.1, 0.15) is 18.6 Å². The molecule has 3 aromatic rings. The van der Waals surface area contributed by atoms with Gasteiger partial charge in [0.15, 0.2) is 11.0 Å². The van der Waals surface area contributed by atoms with E-state index in [1.165, 1.54) is 7.05 Å². The normalized spacial score (nSPS) is 14.1. The Balaban J connectivity index is 1.91. The summed E-state index contributed by atoms with van der Waals surface area (Å²) in [6.45, 7) is 1.54. The van der Waals surface area contributed by atoms with Crippen LogP contribution in [0.15, 0.2) is 35.2 Å². The molecule has 0 saturated heterocycles. The first kappa shape index (κ1) is 18.8. The molecule has 2 N–H and O–H groups in total. The van der Waals surface area contributed by atoms with Gasteiger partial charge in [0.2, 0.25) is 5.82 Å². The van der Waals surface area contributed by atoms with E-state index >= 15 is 0 Å². The molecule has 0 amide bonds. The van der Waals surface area contributed by atoms with E-state index in [-0.39, 0.29) is 22.3 Å². The van der Waals surface area contributed by atoms with Crippen molar-refractivity contribution in [1.29, 1.82) is 5.26 Å². The molecule has 0 aliphatic carbocycles. The molecule has 0 saturated carbocycles. The zero-order chi connectivity index (χ0) is 19.8. The third kappa shape index (κ3) is 3.61. The fourth-order valence-electron chi connectivity index (χ4n) is 2.38. The van der Waals surface area contributed by atoms with Crippen molar-refractivity contribution in [1.82, 2.24) is 24.7 Å². The summed E-state index contributed by atoms with van der Waals surface area (Å²) < 4.78 is 39.2. The highest BCUT2D eigenvalue weighted by Crippen LogP contribution is 2.33. The summed E-state index contributed by atoms with van der Waals surface area (Å²) in [7, 11) is 1.18. The zero-order valence-electron chi connectivity index (χ0n) is 14.1. The number of nitrogens with zero attached hydrogens (tertiary/aromatic N) is 5. The fraction of sp³-hybridized carbons (Fsp3) is 0.250. The molecule has 0 unspecified atom stereocenters. The van der Waals surface area contributed by atoms with E-state index in [9.17, 15) is 23.5 Å². The molecule has 0 spiro atoms. The lowest BCUT2D eigenvalue weighted by atomic mass is 10.2. The molecule has 0 fully saturated rings. The molecule has 0 bridgehead atoms.